The Kier molecular flexibility index (Phi) is 4.04. The molecule has 2 heterocycles. The average molecular weight is 262 g/mol. The van der Waals surface area contributed by atoms with Gasteiger partial charge in [-0.15, -0.1) is 0 Å². The monoisotopic (exact) mass is 262 g/mol. The van der Waals surface area contributed by atoms with Crippen LogP contribution in [-0.2, 0) is 19.5 Å². The zero-order valence-corrected chi connectivity index (χ0v) is 12.1. The first kappa shape index (κ1) is 13.8. The molecular weight excluding hydrogens is 240 g/mol. The van der Waals surface area contributed by atoms with Crippen molar-refractivity contribution in [2.24, 2.45) is 0 Å². The first-order valence-electron chi connectivity index (χ1n) is 6.80. The molecule has 1 unspecified atom stereocenters. The second-order valence-corrected chi connectivity index (χ2v) is 4.84. The lowest BCUT2D eigenvalue weighted by molar-refractivity contribution is 0.164. The summed E-state index contributed by atoms with van der Waals surface area (Å²) in [6.45, 7) is 9.60. The molecule has 0 aliphatic rings. The lowest BCUT2D eigenvalue weighted by atomic mass is 10.1. The summed E-state index contributed by atoms with van der Waals surface area (Å²) in [7, 11) is 0. The summed E-state index contributed by atoms with van der Waals surface area (Å²) >= 11 is 0. The molecule has 0 aliphatic heterocycles. The molecule has 0 saturated carbocycles. The number of aliphatic hydroxyl groups excluding tert-OH is 1. The second-order valence-electron chi connectivity index (χ2n) is 4.84. The number of hydrogen-bond donors (Lipinski definition) is 1. The van der Waals surface area contributed by atoms with Gasteiger partial charge in [0.2, 0.25) is 0 Å². The topological polar surface area (TPSA) is 55.9 Å². The molecule has 19 heavy (non-hydrogen) atoms. The van der Waals surface area contributed by atoms with Crippen LogP contribution >= 0.6 is 0 Å². The molecule has 0 aliphatic carbocycles. The minimum absolute atomic E-state index is 0.539. The van der Waals surface area contributed by atoms with Crippen molar-refractivity contribution in [1.29, 1.82) is 0 Å². The van der Waals surface area contributed by atoms with Crippen LogP contribution in [-0.4, -0.2) is 24.7 Å². The highest BCUT2D eigenvalue weighted by Gasteiger charge is 2.17. The predicted molar refractivity (Wildman–Crippen MR) is 73.9 cm³/mol. The second kappa shape index (κ2) is 5.57. The fourth-order valence-electron chi connectivity index (χ4n) is 2.43. The molecule has 5 nitrogen and oxygen atoms in total. The van der Waals surface area contributed by atoms with Gasteiger partial charge in [-0.25, -0.2) is 0 Å². The van der Waals surface area contributed by atoms with Gasteiger partial charge >= 0.3 is 0 Å². The zero-order valence-electron chi connectivity index (χ0n) is 12.1. The first-order chi connectivity index (χ1) is 9.05. The maximum Gasteiger partial charge on any atom is 0.101 e. The van der Waals surface area contributed by atoms with E-state index in [0.717, 1.165) is 35.9 Å². The number of nitrogens with zero attached hydrogens (tertiary/aromatic N) is 4. The van der Waals surface area contributed by atoms with Gasteiger partial charge in [-0.1, -0.05) is 0 Å². The molecule has 2 rings (SSSR count). The number of aliphatic hydroxyl groups is 1. The van der Waals surface area contributed by atoms with Gasteiger partial charge < -0.3 is 5.11 Å². The van der Waals surface area contributed by atoms with E-state index in [4.69, 9.17) is 0 Å². The van der Waals surface area contributed by atoms with E-state index in [-0.39, 0.29) is 0 Å². The lowest BCUT2D eigenvalue weighted by Crippen LogP contribution is -2.12. The average Bonchev–Trinajstić information content (AvgIpc) is 2.92. The standard InChI is InChI=1S/C14H22N4O/c1-5-17-12(7-10(3)15-17)9-14(19)13-8-11(4)16-18(13)6-2/h7-8,14,19H,5-6,9H2,1-4H3. The summed E-state index contributed by atoms with van der Waals surface area (Å²) in [5.41, 5.74) is 3.87. The Balaban J connectivity index is 2.22. The molecule has 1 N–H and O–H groups in total. The smallest absolute Gasteiger partial charge is 0.101 e. The Morgan fingerprint density at radius 3 is 2.26 bits per heavy atom. The van der Waals surface area contributed by atoms with E-state index >= 15 is 0 Å². The van der Waals surface area contributed by atoms with Crippen molar-refractivity contribution in [2.45, 2.75) is 53.3 Å². The van der Waals surface area contributed by atoms with Crippen LogP contribution in [0.5, 0.6) is 0 Å². The minimum Gasteiger partial charge on any atom is -0.386 e. The van der Waals surface area contributed by atoms with Crippen LogP contribution in [0, 0.1) is 13.8 Å². The molecule has 2 aromatic heterocycles. The summed E-state index contributed by atoms with van der Waals surface area (Å²) in [5.74, 6) is 0. The number of hydrogen-bond acceptors (Lipinski definition) is 3. The molecule has 2 aromatic rings. The first-order valence-corrected chi connectivity index (χ1v) is 6.80. The van der Waals surface area contributed by atoms with Gasteiger partial charge in [0.05, 0.1) is 17.1 Å². The summed E-state index contributed by atoms with van der Waals surface area (Å²) in [6.07, 6.45) is 0.0300. The van der Waals surface area contributed by atoms with Gasteiger partial charge in [0.1, 0.15) is 6.10 Å². The molecule has 0 fully saturated rings. The van der Waals surface area contributed by atoms with E-state index in [0.29, 0.717) is 6.42 Å². The molecular formula is C14H22N4O. The van der Waals surface area contributed by atoms with E-state index < -0.39 is 6.10 Å². The van der Waals surface area contributed by atoms with E-state index in [2.05, 4.69) is 17.1 Å². The van der Waals surface area contributed by atoms with Crippen molar-refractivity contribution >= 4 is 0 Å². The fourth-order valence-corrected chi connectivity index (χ4v) is 2.43. The maximum atomic E-state index is 10.4. The van der Waals surface area contributed by atoms with Crippen molar-refractivity contribution in [3.63, 3.8) is 0 Å². The van der Waals surface area contributed by atoms with Crippen LogP contribution < -0.4 is 0 Å². The van der Waals surface area contributed by atoms with Gasteiger partial charge in [0.15, 0.2) is 0 Å². The third-order valence-electron chi connectivity index (χ3n) is 3.26. The van der Waals surface area contributed by atoms with Crippen molar-refractivity contribution in [3.8, 4) is 0 Å². The summed E-state index contributed by atoms with van der Waals surface area (Å²) < 4.78 is 3.80. The van der Waals surface area contributed by atoms with Gasteiger partial charge in [-0.05, 0) is 39.8 Å². The molecule has 104 valence electrons. The van der Waals surface area contributed by atoms with E-state index in [1.807, 2.05) is 42.3 Å². The fraction of sp³-hybridized carbons (Fsp3) is 0.571. The third kappa shape index (κ3) is 2.87. The third-order valence-corrected chi connectivity index (χ3v) is 3.26. The number of rotatable bonds is 5. The zero-order chi connectivity index (χ0) is 14.0. The summed E-state index contributed by atoms with van der Waals surface area (Å²) in [4.78, 5) is 0. The minimum atomic E-state index is -0.539. The molecule has 0 amide bonds. The maximum absolute atomic E-state index is 10.4. The number of aromatic nitrogens is 4. The lowest BCUT2D eigenvalue weighted by Gasteiger charge is -2.13. The highest BCUT2D eigenvalue weighted by Crippen LogP contribution is 2.20. The van der Waals surface area contributed by atoms with Crippen LogP contribution in [0.2, 0.25) is 0 Å². The van der Waals surface area contributed by atoms with E-state index in [1.165, 1.54) is 0 Å². The highest BCUT2D eigenvalue weighted by molar-refractivity contribution is 5.16. The summed E-state index contributed by atoms with van der Waals surface area (Å²) in [6, 6.07) is 3.99. The van der Waals surface area contributed by atoms with Gasteiger partial charge in [-0.2, -0.15) is 10.2 Å². The predicted octanol–water partition coefficient (Wildman–Crippen LogP) is 2.01. The van der Waals surface area contributed by atoms with Crippen LogP contribution in [0.15, 0.2) is 12.1 Å². The summed E-state index contributed by atoms with van der Waals surface area (Å²) in [5, 5.41) is 19.2. The van der Waals surface area contributed by atoms with Crippen molar-refractivity contribution < 1.29 is 5.11 Å². The molecule has 0 spiro atoms. The molecule has 0 saturated heterocycles. The number of aryl methyl sites for hydroxylation is 4. The van der Waals surface area contributed by atoms with Crippen LogP contribution in [0.1, 0.15) is 42.7 Å². The normalized spacial score (nSPS) is 12.9. The van der Waals surface area contributed by atoms with Crippen molar-refractivity contribution in [2.75, 3.05) is 0 Å². The van der Waals surface area contributed by atoms with E-state index in [1.54, 1.807) is 0 Å². The van der Waals surface area contributed by atoms with E-state index in [9.17, 15) is 5.11 Å². The molecule has 0 aromatic carbocycles. The highest BCUT2D eigenvalue weighted by atomic mass is 16.3. The van der Waals surface area contributed by atoms with Crippen LogP contribution in [0.3, 0.4) is 0 Å². The van der Waals surface area contributed by atoms with Crippen LogP contribution in [0.4, 0.5) is 0 Å². The molecule has 0 bridgehead atoms. The van der Waals surface area contributed by atoms with Crippen molar-refractivity contribution in [1.82, 2.24) is 19.6 Å². The molecule has 0 radical (unpaired) electrons. The molecule has 1 atom stereocenters. The largest absolute Gasteiger partial charge is 0.386 e. The quantitative estimate of drug-likeness (QED) is 0.896. The van der Waals surface area contributed by atoms with Gasteiger partial charge in [0, 0.05) is 25.2 Å². The van der Waals surface area contributed by atoms with Gasteiger partial charge in [0.25, 0.3) is 0 Å². The van der Waals surface area contributed by atoms with Crippen molar-refractivity contribution in [3.05, 3.63) is 34.9 Å². The SMILES string of the molecule is CCn1nc(C)cc1CC(O)c1cc(C)nn1CC. The Labute approximate surface area is 113 Å². The Bertz CT molecular complexity index is 556. The molecule has 5 heteroatoms. The van der Waals surface area contributed by atoms with Gasteiger partial charge in [-0.3, -0.25) is 9.36 Å². The van der Waals surface area contributed by atoms with Crippen LogP contribution in [0.25, 0.3) is 0 Å². The Morgan fingerprint density at radius 2 is 1.63 bits per heavy atom. The Hall–Kier alpha value is -1.62. The Morgan fingerprint density at radius 1 is 1.05 bits per heavy atom.